The van der Waals surface area contributed by atoms with Crippen LogP contribution in [0.15, 0.2) is 23.3 Å². The second-order valence-corrected chi connectivity index (χ2v) is 13.3. The van der Waals surface area contributed by atoms with Crippen LogP contribution in [0.5, 0.6) is 0 Å². The molecule has 0 radical (unpaired) electrons. The fourth-order valence-corrected chi connectivity index (χ4v) is 9.41. The summed E-state index contributed by atoms with van der Waals surface area (Å²) in [6.45, 7) is 10.1. The maximum atomic E-state index is 12.9. The number of allylic oxidation sites excluding steroid dienone is 2. The summed E-state index contributed by atoms with van der Waals surface area (Å²) in [7, 11) is 1.94. The number of carbonyl (C=O) groups excluding carboxylic acids is 2. The third-order valence-corrected chi connectivity index (χ3v) is 11.7. The van der Waals surface area contributed by atoms with Crippen molar-refractivity contribution in [2.24, 2.45) is 34.5 Å². The average molecular weight is 527 g/mol. The van der Waals surface area contributed by atoms with Gasteiger partial charge in [-0.1, -0.05) is 25.5 Å². The van der Waals surface area contributed by atoms with Gasteiger partial charge in [0.05, 0.1) is 13.2 Å². The number of esters is 1. The first-order valence-corrected chi connectivity index (χ1v) is 15.1. The highest BCUT2D eigenvalue weighted by Crippen LogP contribution is 2.66. The van der Waals surface area contributed by atoms with Gasteiger partial charge < -0.3 is 19.1 Å². The van der Waals surface area contributed by atoms with Crippen LogP contribution in [-0.4, -0.2) is 81.0 Å². The Morgan fingerprint density at radius 1 is 1.16 bits per heavy atom. The number of fused-ring (bicyclic) bond motifs is 5. The van der Waals surface area contributed by atoms with Crippen molar-refractivity contribution in [3.8, 4) is 0 Å². The molecule has 4 aliphatic carbocycles. The number of hydrogen-bond donors (Lipinski definition) is 0. The molecule has 2 aliphatic heterocycles. The molecule has 0 aromatic heterocycles. The van der Waals surface area contributed by atoms with Crippen LogP contribution in [0.1, 0.15) is 65.2 Å². The van der Waals surface area contributed by atoms with Gasteiger partial charge in [0.25, 0.3) is 0 Å². The Balaban J connectivity index is 1.06. The van der Waals surface area contributed by atoms with Crippen LogP contribution in [0.4, 0.5) is 4.79 Å². The minimum Gasteiger partial charge on any atom is -0.458 e. The van der Waals surface area contributed by atoms with Gasteiger partial charge in [0.1, 0.15) is 13.2 Å². The van der Waals surface area contributed by atoms with Gasteiger partial charge in [0, 0.05) is 38.8 Å². The zero-order chi connectivity index (χ0) is 26.5. The molecule has 6 rings (SSSR count). The van der Waals surface area contributed by atoms with Crippen LogP contribution in [0.25, 0.3) is 0 Å². The molecule has 3 saturated carbocycles. The van der Waals surface area contributed by atoms with E-state index < -0.39 is 0 Å². The third-order valence-electron chi connectivity index (χ3n) is 11.7. The van der Waals surface area contributed by atoms with Crippen molar-refractivity contribution in [1.82, 2.24) is 9.80 Å². The van der Waals surface area contributed by atoms with Gasteiger partial charge in [-0.25, -0.2) is 9.59 Å². The zero-order valence-electron chi connectivity index (χ0n) is 23.6. The Labute approximate surface area is 227 Å². The quantitative estimate of drug-likeness (QED) is 0.378. The van der Waals surface area contributed by atoms with Crippen molar-refractivity contribution in [3.05, 3.63) is 23.3 Å². The third kappa shape index (κ3) is 4.51. The lowest BCUT2D eigenvalue weighted by Gasteiger charge is -2.60. The van der Waals surface area contributed by atoms with E-state index in [9.17, 15) is 9.59 Å². The summed E-state index contributed by atoms with van der Waals surface area (Å²) in [5, 5.41) is 0. The monoisotopic (exact) mass is 526 g/mol. The molecule has 210 valence electrons. The zero-order valence-corrected chi connectivity index (χ0v) is 23.6. The molecule has 0 aromatic rings. The number of hydrogen-bond acceptors (Lipinski definition) is 6. The summed E-state index contributed by atoms with van der Waals surface area (Å²) in [5.74, 6) is 2.31. The summed E-state index contributed by atoms with van der Waals surface area (Å²) < 4.78 is 16.4. The highest BCUT2D eigenvalue weighted by atomic mass is 16.6. The minimum absolute atomic E-state index is 0.165. The van der Waals surface area contributed by atoms with Gasteiger partial charge in [-0.15, -0.1) is 0 Å². The van der Waals surface area contributed by atoms with E-state index in [1.165, 1.54) is 37.7 Å². The Morgan fingerprint density at radius 2 is 1.97 bits per heavy atom. The van der Waals surface area contributed by atoms with E-state index >= 15 is 0 Å². The van der Waals surface area contributed by atoms with Crippen molar-refractivity contribution in [1.29, 1.82) is 0 Å². The van der Waals surface area contributed by atoms with Crippen LogP contribution >= 0.6 is 0 Å². The van der Waals surface area contributed by atoms with E-state index in [2.05, 4.69) is 24.8 Å². The van der Waals surface area contributed by atoms with Crippen LogP contribution in [0, 0.1) is 34.5 Å². The number of ether oxygens (including phenoxy) is 3. The lowest BCUT2D eigenvalue weighted by molar-refractivity contribution is -0.135. The van der Waals surface area contributed by atoms with E-state index in [0.29, 0.717) is 36.4 Å². The maximum absolute atomic E-state index is 12.9. The van der Waals surface area contributed by atoms with E-state index in [1.54, 1.807) is 11.6 Å². The highest BCUT2D eigenvalue weighted by Gasteiger charge is 2.58. The SMILES string of the molecule is CN(C(=O)OCCN1CCOCC1)[C@H]1CC[C@@]2(C)[C@H](CC[C@H]3C4=CC[C@H](C5=CC(=O)OC5)[C@@]4(C)CC[C@@H]32)C1. The summed E-state index contributed by atoms with van der Waals surface area (Å²) in [5.41, 5.74) is 3.41. The molecule has 0 spiro atoms. The van der Waals surface area contributed by atoms with Crippen LogP contribution < -0.4 is 0 Å². The van der Waals surface area contributed by atoms with Crippen molar-refractivity contribution < 1.29 is 23.8 Å². The van der Waals surface area contributed by atoms with Crippen LogP contribution in [0.2, 0.25) is 0 Å². The summed E-state index contributed by atoms with van der Waals surface area (Å²) in [6, 6.07) is 0.274. The number of morpholine rings is 1. The first kappa shape index (κ1) is 26.4. The molecule has 0 N–H and O–H groups in total. The van der Waals surface area contributed by atoms with Crippen molar-refractivity contribution in [2.75, 3.05) is 53.1 Å². The smallest absolute Gasteiger partial charge is 0.409 e. The van der Waals surface area contributed by atoms with Gasteiger partial charge >= 0.3 is 12.1 Å². The number of nitrogens with zero attached hydrogens (tertiary/aromatic N) is 2. The summed E-state index contributed by atoms with van der Waals surface area (Å²) >= 11 is 0. The first-order chi connectivity index (χ1) is 18.3. The van der Waals surface area contributed by atoms with Gasteiger partial charge in [-0.05, 0) is 91.4 Å². The van der Waals surface area contributed by atoms with Gasteiger partial charge in [0.2, 0.25) is 0 Å². The molecule has 1 amide bonds. The minimum atomic E-state index is -0.167. The summed E-state index contributed by atoms with van der Waals surface area (Å²) in [6.07, 6.45) is 13.5. The standard InChI is InChI=1S/C31H46N2O5/c1-30-10-8-23(32(3)29(35)37-17-14-33-12-15-36-16-13-33)19-22(30)4-5-24-26-7-6-25(21-18-28(34)38-20-21)31(26,2)11-9-27(24)30/h7,18,22-25,27H,4-6,8-17,19-20H2,1-3H3/t22-,23+,24+,25-,27+,30+,31-/m1/s1. The molecule has 0 bridgehead atoms. The van der Waals surface area contributed by atoms with Gasteiger partial charge in [-0.3, -0.25) is 4.90 Å². The lowest BCUT2D eigenvalue weighted by atomic mass is 9.45. The molecular weight excluding hydrogens is 480 g/mol. The normalized spacial score (nSPS) is 40.8. The Hall–Kier alpha value is -1.86. The molecule has 7 heteroatoms. The Bertz CT molecular complexity index is 1000. The van der Waals surface area contributed by atoms with E-state index in [0.717, 1.165) is 58.0 Å². The van der Waals surface area contributed by atoms with Crippen molar-refractivity contribution >= 4 is 12.1 Å². The van der Waals surface area contributed by atoms with E-state index in [4.69, 9.17) is 14.2 Å². The number of rotatable bonds is 5. The molecule has 0 aromatic carbocycles. The molecule has 4 fully saturated rings. The number of cyclic esters (lactones) is 1. The first-order valence-electron chi connectivity index (χ1n) is 15.1. The Morgan fingerprint density at radius 3 is 2.74 bits per heavy atom. The predicted octanol–water partition coefficient (Wildman–Crippen LogP) is 4.82. The van der Waals surface area contributed by atoms with Gasteiger partial charge in [0.15, 0.2) is 0 Å². The van der Waals surface area contributed by atoms with E-state index in [1.807, 2.05) is 11.9 Å². The second-order valence-electron chi connectivity index (χ2n) is 13.3. The summed E-state index contributed by atoms with van der Waals surface area (Å²) in [4.78, 5) is 28.9. The van der Waals surface area contributed by atoms with Crippen molar-refractivity contribution in [2.45, 2.75) is 71.3 Å². The second kappa shape index (κ2) is 10.3. The van der Waals surface area contributed by atoms with Gasteiger partial charge in [-0.2, -0.15) is 0 Å². The molecule has 1 saturated heterocycles. The van der Waals surface area contributed by atoms with Crippen LogP contribution in [-0.2, 0) is 19.0 Å². The van der Waals surface area contributed by atoms with Crippen molar-refractivity contribution in [3.63, 3.8) is 0 Å². The fraction of sp³-hybridized carbons (Fsp3) is 0.806. The average Bonchev–Trinajstić information content (AvgIpc) is 3.50. The topological polar surface area (TPSA) is 68.3 Å². The van der Waals surface area contributed by atoms with E-state index in [-0.39, 0.29) is 23.5 Å². The number of carbonyl (C=O) groups is 2. The predicted molar refractivity (Wildman–Crippen MR) is 144 cm³/mol. The van der Waals surface area contributed by atoms with Crippen LogP contribution in [0.3, 0.4) is 0 Å². The molecular formula is C31H46N2O5. The largest absolute Gasteiger partial charge is 0.458 e. The molecule has 6 aliphatic rings. The molecule has 0 unspecified atom stereocenters. The molecule has 7 nitrogen and oxygen atoms in total. The fourth-order valence-electron chi connectivity index (χ4n) is 9.41. The molecule has 2 heterocycles. The molecule has 38 heavy (non-hydrogen) atoms. The Kier molecular flexibility index (Phi) is 7.13. The maximum Gasteiger partial charge on any atom is 0.409 e. The number of amides is 1. The lowest BCUT2D eigenvalue weighted by Crippen LogP contribution is -2.54. The molecule has 7 atom stereocenters. The highest BCUT2D eigenvalue weighted by molar-refractivity contribution is 5.85.